The number of carboxylic acid groups (broad SMARTS) is 1. The van der Waals surface area contributed by atoms with Crippen LogP contribution >= 0.6 is 27.7 Å². The first-order valence-electron chi connectivity index (χ1n) is 6.40. The molecular formula is C14H18BrNO4S. The number of ether oxygens (including phenoxy) is 1. The van der Waals surface area contributed by atoms with Crippen molar-refractivity contribution in [2.45, 2.75) is 11.3 Å². The molecule has 116 valence electrons. The van der Waals surface area contributed by atoms with Gasteiger partial charge < -0.3 is 14.7 Å². The smallest absolute Gasteiger partial charge is 0.323 e. The highest BCUT2D eigenvalue weighted by Crippen LogP contribution is 2.21. The molecule has 0 aromatic heterocycles. The van der Waals surface area contributed by atoms with E-state index in [0.717, 1.165) is 9.37 Å². The number of hydrogen-bond acceptors (Lipinski definition) is 4. The normalized spacial score (nSPS) is 10.4. The number of carbonyl (C=O) groups excluding carboxylic acids is 1. The standard InChI is InChI=1S/C14H18BrNO4S/c1-20-8-7-16(10-14(18)19)13(17)6-9-21-12-4-2-11(15)3-5-12/h2-5H,6-10H2,1H3,(H,18,19). The molecule has 1 aromatic carbocycles. The molecule has 0 atom stereocenters. The molecule has 1 rings (SSSR count). The average Bonchev–Trinajstić information content (AvgIpc) is 2.45. The van der Waals surface area contributed by atoms with E-state index in [9.17, 15) is 9.59 Å². The van der Waals surface area contributed by atoms with Gasteiger partial charge in [0, 0.05) is 35.2 Å². The number of carbonyl (C=O) groups is 2. The molecule has 1 N–H and O–H groups in total. The quantitative estimate of drug-likeness (QED) is 0.671. The molecule has 21 heavy (non-hydrogen) atoms. The summed E-state index contributed by atoms with van der Waals surface area (Å²) in [6.07, 6.45) is 0.303. The molecule has 0 aliphatic rings. The van der Waals surface area contributed by atoms with E-state index in [-0.39, 0.29) is 12.5 Å². The Morgan fingerprint density at radius 1 is 1.33 bits per heavy atom. The summed E-state index contributed by atoms with van der Waals surface area (Å²) in [6.45, 7) is 0.342. The second kappa shape index (κ2) is 9.81. The molecule has 7 heteroatoms. The molecule has 0 fully saturated rings. The van der Waals surface area contributed by atoms with Crippen LogP contribution in [0, 0.1) is 0 Å². The van der Waals surface area contributed by atoms with Gasteiger partial charge in [0.15, 0.2) is 0 Å². The molecule has 0 saturated carbocycles. The van der Waals surface area contributed by atoms with Crippen LogP contribution in [0.4, 0.5) is 0 Å². The molecular weight excluding hydrogens is 358 g/mol. The Bertz CT molecular complexity index is 467. The van der Waals surface area contributed by atoms with E-state index in [2.05, 4.69) is 15.9 Å². The molecule has 0 aliphatic carbocycles. The summed E-state index contributed by atoms with van der Waals surface area (Å²) < 4.78 is 5.90. The summed E-state index contributed by atoms with van der Waals surface area (Å²) in [5.74, 6) is -0.567. The van der Waals surface area contributed by atoms with E-state index < -0.39 is 5.97 Å². The lowest BCUT2D eigenvalue weighted by atomic mass is 10.3. The molecule has 5 nitrogen and oxygen atoms in total. The fraction of sp³-hybridized carbons (Fsp3) is 0.429. The lowest BCUT2D eigenvalue weighted by Gasteiger charge is -2.20. The van der Waals surface area contributed by atoms with Crippen LogP contribution in [0.1, 0.15) is 6.42 Å². The van der Waals surface area contributed by atoms with E-state index in [1.807, 2.05) is 24.3 Å². The maximum atomic E-state index is 12.0. The van der Waals surface area contributed by atoms with Gasteiger partial charge in [-0.1, -0.05) is 15.9 Å². The molecule has 0 aliphatic heterocycles. The largest absolute Gasteiger partial charge is 0.480 e. The zero-order valence-electron chi connectivity index (χ0n) is 11.8. The molecule has 0 unspecified atom stereocenters. The predicted molar refractivity (Wildman–Crippen MR) is 85.6 cm³/mol. The summed E-state index contributed by atoms with van der Waals surface area (Å²) >= 11 is 4.94. The number of halogens is 1. The average molecular weight is 376 g/mol. The van der Waals surface area contributed by atoms with Crippen LogP contribution in [0.5, 0.6) is 0 Å². The fourth-order valence-corrected chi connectivity index (χ4v) is 2.71. The van der Waals surface area contributed by atoms with E-state index >= 15 is 0 Å². The van der Waals surface area contributed by atoms with Crippen LogP contribution < -0.4 is 0 Å². The Morgan fingerprint density at radius 3 is 2.57 bits per heavy atom. The van der Waals surface area contributed by atoms with E-state index in [4.69, 9.17) is 9.84 Å². The predicted octanol–water partition coefficient (Wildman–Crippen LogP) is 2.49. The van der Waals surface area contributed by atoms with Gasteiger partial charge in [-0.2, -0.15) is 0 Å². The molecule has 0 spiro atoms. The Kier molecular flexibility index (Phi) is 8.41. The maximum Gasteiger partial charge on any atom is 0.323 e. The summed E-state index contributed by atoms with van der Waals surface area (Å²) in [5.41, 5.74) is 0. The number of thioether (sulfide) groups is 1. The van der Waals surface area contributed by atoms with Crippen LogP contribution in [0.2, 0.25) is 0 Å². The first-order valence-corrected chi connectivity index (χ1v) is 8.17. The van der Waals surface area contributed by atoms with Gasteiger partial charge in [0.1, 0.15) is 6.54 Å². The van der Waals surface area contributed by atoms with Crippen molar-refractivity contribution in [2.75, 3.05) is 32.6 Å². The lowest BCUT2D eigenvalue weighted by molar-refractivity contribution is -0.144. The first kappa shape index (κ1) is 18.0. The Hall–Kier alpha value is -1.05. The highest BCUT2D eigenvalue weighted by Gasteiger charge is 2.16. The fourth-order valence-electron chi connectivity index (χ4n) is 1.60. The molecule has 0 radical (unpaired) electrons. The van der Waals surface area contributed by atoms with Gasteiger partial charge in [-0.25, -0.2) is 0 Å². The summed E-state index contributed by atoms with van der Waals surface area (Å²) in [4.78, 5) is 25.2. The minimum absolute atomic E-state index is 0.168. The van der Waals surface area contributed by atoms with Crippen molar-refractivity contribution in [1.29, 1.82) is 0 Å². The SMILES string of the molecule is COCCN(CC(=O)O)C(=O)CCSc1ccc(Br)cc1. The second-order valence-electron chi connectivity index (χ2n) is 4.25. The van der Waals surface area contributed by atoms with Gasteiger partial charge in [-0.05, 0) is 24.3 Å². The monoisotopic (exact) mass is 375 g/mol. The highest BCUT2D eigenvalue weighted by atomic mass is 79.9. The second-order valence-corrected chi connectivity index (χ2v) is 6.34. The molecule has 0 heterocycles. The molecule has 1 aromatic rings. The first-order chi connectivity index (χ1) is 10.0. The third-order valence-corrected chi connectivity index (χ3v) is 4.18. The number of aliphatic carboxylic acids is 1. The zero-order chi connectivity index (χ0) is 15.7. The number of carboxylic acids is 1. The lowest BCUT2D eigenvalue weighted by Crippen LogP contribution is -2.38. The van der Waals surface area contributed by atoms with Crippen molar-refractivity contribution in [1.82, 2.24) is 4.90 Å². The highest BCUT2D eigenvalue weighted by molar-refractivity contribution is 9.10. The summed E-state index contributed by atoms with van der Waals surface area (Å²) in [5, 5.41) is 8.82. The van der Waals surface area contributed by atoms with Crippen molar-refractivity contribution < 1.29 is 19.4 Å². The van der Waals surface area contributed by atoms with Crippen molar-refractivity contribution in [3.8, 4) is 0 Å². The van der Waals surface area contributed by atoms with E-state index in [1.165, 1.54) is 12.0 Å². The van der Waals surface area contributed by atoms with Crippen LogP contribution in [0.25, 0.3) is 0 Å². The zero-order valence-corrected chi connectivity index (χ0v) is 14.2. The van der Waals surface area contributed by atoms with E-state index in [0.29, 0.717) is 25.3 Å². The van der Waals surface area contributed by atoms with Crippen molar-refractivity contribution in [2.24, 2.45) is 0 Å². The summed E-state index contributed by atoms with van der Waals surface area (Å²) in [7, 11) is 1.52. The van der Waals surface area contributed by atoms with E-state index in [1.54, 1.807) is 11.8 Å². The van der Waals surface area contributed by atoms with Crippen LogP contribution in [0.15, 0.2) is 33.6 Å². The number of hydrogen-bond donors (Lipinski definition) is 1. The minimum Gasteiger partial charge on any atom is -0.480 e. The number of benzene rings is 1. The third-order valence-electron chi connectivity index (χ3n) is 2.64. The Morgan fingerprint density at radius 2 is 2.00 bits per heavy atom. The maximum absolute atomic E-state index is 12.0. The molecule has 1 amide bonds. The van der Waals surface area contributed by atoms with Gasteiger partial charge in [0.25, 0.3) is 0 Å². The van der Waals surface area contributed by atoms with Crippen molar-refractivity contribution in [3.63, 3.8) is 0 Å². The Balaban J connectivity index is 2.41. The topological polar surface area (TPSA) is 66.8 Å². The van der Waals surface area contributed by atoms with Gasteiger partial charge in [-0.3, -0.25) is 9.59 Å². The van der Waals surface area contributed by atoms with Crippen LogP contribution in [0.3, 0.4) is 0 Å². The van der Waals surface area contributed by atoms with Crippen LogP contribution in [-0.4, -0.2) is 54.4 Å². The number of amides is 1. The van der Waals surface area contributed by atoms with Gasteiger partial charge in [0.05, 0.1) is 6.61 Å². The Labute approximate surface area is 136 Å². The van der Waals surface area contributed by atoms with Crippen molar-refractivity contribution in [3.05, 3.63) is 28.7 Å². The van der Waals surface area contributed by atoms with Crippen LogP contribution in [-0.2, 0) is 14.3 Å². The van der Waals surface area contributed by atoms with Gasteiger partial charge in [0.2, 0.25) is 5.91 Å². The minimum atomic E-state index is -1.01. The summed E-state index contributed by atoms with van der Waals surface area (Å²) in [6, 6.07) is 7.83. The number of nitrogens with zero attached hydrogens (tertiary/aromatic N) is 1. The van der Waals surface area contributed by atoms with Gasteiger partial charge >= 0.3 is 5.97 Å². The number of rotatable bonds is 9. The van der Waals surface area contributed by atoms with Gasteiger partial charge in [-0.15, -0.1) is 11.8 Å². The van der Waals surface area contributed by atoms with Crippen molar-refractivity contribution >= 4 is 39.6 Å². The number of methoxy groups -OCH3 is 1. The molecule has 0 bridgehead atoms. The molecule has 0 saturated heterocycles. The third kappa shape index (κ3) is 7.50.